The van der Waals surface area contributed by atoms with E-state index in [1.165, 1.54) is 7.05 Å². The maximum Gasteiger partial charge on any atom is 0.262 e. The summed E-state index contributed by atoms with van der Waals surface area (Å²) in [6.07, 6.45) is 0. The van der Waals surface area contributed by atoms with Crippen LogP contribution in [0.2, 0.25) is 5.02 Å². The van der Waals surface area contributed by atoms with E-state index in [-0.39, 0.29) is 18.4 Å². The zero-order chi connectivity index (χ0) is 15.9. The molecule has 0 bridgehead atoms. The number of hydrogen-bond donors (Lipinski definition) is 2. The number of carbonyl (C=O) groups excluding carboxylic acids is 2. The highest BCUT2D eigenvalue weighted by molar-refractivity contribution is 6.32. The fourth-order valence-electron chi connectivity index (χ4n) is 1.82. The molecule has 0 saturated carbocycles. The number of carbonyl (C=O) groups is 2. The van der Waals surface area contributed by atoms with Gasteiger partial charge in [-0.3, -0.25) is 9.59 Å². The molecule has 0 spiro atoms. The highest BCUT2D eigenvalue weighted by Crippen LogP contribution is 2.23. The summed E-state index contributed by atoms with van der Waals surface area (Å²) in [5, 5.41) is 5.60. The van der Waals surface area contributed by atoms with Gasteiger partial charge in [0, 0.05) is 7.05 Å². The number of amides is 2. The summed E-state index contributed by atoms with van der Waals surface area (Å²) in [6.45, 7) is -0.203. The van der Waals surface area contributed by atoms with Crippen LogP contribution in [0.3, 0.4) is 0 Å². The molecule has 6 heteroatoms. The lowest BCUT2D eigenvalue weighted by molar-refractivity contribution is -0.118. The second kappa shape index (κ2) is 7.47. The summed E-state index contributed by atoms with van der Waals surface area (Å²) in [6, 6.07) is 13.6. The minimum atomic E-state index is -0.378. The van der Waals surface area contributed by atoms with Gasteiger partial charge in [0.25, 0.3) is 11.8 Å². The molecular weight excluding hydrogens is 304 g/mol. The molecule has 0 aliphatic rings. The van der Waals surface area contributed by atoms with E-state index < -0.39 is 0 Å². The molecule has 0 saturated heterocycles. The highest BCUT2D eigenvalue weighted by Gasteiger charge is 2.12. The molecule has 0 radical (unpaired) electrons. The molecule has 0 aromatic heterocycles. The van der Waals surface area contributed by atoms with E-state index in [0.717, 1.165) is 0 Å². The molecule has 2 rings (SSSR count). The van der Waals surface area contributed by atoms with Gasteiger partial charge in [-0.1, -0.05) is 35.9 Å². The molecule has 0 fully saturated rings. The van der Waals surface area contributed by atoms with Crippen molar-refractivity contribution in [2.75, 3.05) is 19.0 Å². The average Bonchev–Trinajstić information content (AvgIpc) is 2.54. The Labute approximate surface area is 133 Å². The molecule has 0 unspecified atom stereocenters. The van der Waals surface area contributed by atoms with Gasteiger partial charge in [0.1, 0.15) is 5.75 Å². The van der Waals surface area contributed by atoms with Crippen LogP contribution in [0.15, 0.2) is 48.5 Å². The van der Waals surface area contributed by atoms with E-state index >= 15 is 0 Å². The minimum absolute atomic E-state index is 0.203. The van der Waals surface area contributed by atoms with Crippen molar-refractivity contribution in [2.45, 2.75) is 0 Å². The van der Waals surface area contributed by atoms with Crippen molar-refractivity contribution < 1.29 is 14.3 Å². The Bertz CT molecular complexity index is 689. The zero-order valence-electron chi connectivity index (χ0n) is 11.9. The maximum atomic E-state index is 11.9. The normalized spacial score (nSPS) is 9.91. The second-order valence-electron chi connectivity index (χ2n) is 4.39. The third-order valence-electron chi connectivity index (χ3n) is 2.87. The number of anilines is 1. The Kier molecular flexibility index (Phi) is 5.38. The second-order valence-corrected chi connectivity index (χ2v) is 4.80. The van der Waals surface area contributed by atoms with Crippen molar-refractivity contribution in [3.05, 3.63) is 59.1 Å². The minimum Gasteiger partial charge on any atom is -0.482 e. The van der Waals surface area contributed by atoms with Crippen molar-refractivity contribution in [2.24, 2.45) is 0 Å². The van der Waals surface area contributed by atoms with Crippen LogP contribution in [0.4, 0.5) is 5.69 Å². The largest absolute Gasteiger partial charge is 0.482 e. The molecule has 0 aliphatic heterocycles. The van der Waals surface area contributed by atoms with E-state index in [1.54, 1.807) is 48.5 Å². The van der Waals surface area contributed by atoms with Crippen LogP contribution in [0.25, 0.3) is 0 Å². The number of nitrogens with one attached hydrogen (secondary N) is 2. The van der Waals surface area contributed by atoms with Crippen molar-refractivity contribution in [3.8, 4) is 5.75 Å². The van der Waals surface area contributed by atoms with Gasteiger partial charge in [0.05, 0.1) is 16.3 Å². The van der Waals surface area contributed by atoms with Gasteiger partial charge in [0.15, 0.2) is 6.61 Å². The molecule has 114 valence electrons. The van der Waals surface area contributed by atoms with Crippen molar-refractivity contribution in [1.29, 1.82) is 0 Å². The lowest BCUT2D eigenvalue weighted by atomic mass is 10.1. The molecule has 5 nitrogen and oxygen atoms in total. The maximum absolute atomic E-state index is 11.9. The fraction of sp³-hybridized carbons (Fsp3) is 0.125. The molecule has 0 atom stereocenters. The van der Waals surface area contributed by atoms with Crippen molar-refractivity contribution in [1.82, 2.24) is 5.32 Å². The van der Waals surface area contributed by atoms with Crippen LogP contribution in [0.5, 0.6) is 5.75 Å². The molecule has 2 amide bonds. The quantitative estimate of drug-likeness (QED) is 0.890. The predicted octanol–water partition coefficient (Wildman–Crippen LogP) is 2.72. The van der Waals surface area contributed by atoms with Crippen molar-refractivity contribution >= 4 is 29.1 Å². The number of rotatable bonds is 5. The van der Waals surface area contributed by atoms with Gasteiger partial charge >= 0.3 is 0 Å². The van der Waals surface area contributed by atoms with Crippen molar-refractivity contribution in [3.63, 3.8) is 0 Å². The zero-order valence-corrected chi connectivity index (χ0v) is 12.7. The summed E-state index contributed by atoms with van der Waals surface area (Å²) in [4.78, 5) is 23.7. The SMILES string of the molecule is CNC(=O)c1ccccc1NC(=O)COc1ccccc1Cl. The molecule has 22 heavy (non-hydrogen) atoms. The van der Waals surface area contributed by atoms with Crippen LogP contribution < -0.4 is 15.4 Å². The summed E-state index contributed by atoms with van der Waals surface area (Å²) >= 11 is 5.94. The Hall–Kier alpha value is -2.53. The Balaban J connectivity index is 2.01. The molecule has 2 aromatic carbocycles. The fourth-order valence-corrected chi connectivity index (χ4v) is 2.01. The molecule has 2 N–H and O–H groups in total. The number of para-hydroxylation sites is 2. The lowest BCUT2D eigenvalue weighted by Gasteiger charge is -2.11. The average molecular weight is 319 g/mol. The smallest absolute Gasteiger partial charge is 0.262 e. The van der Waals surface area contributed by atoms with Crippen LogP contribution in [0, 0.1) is 0 Å². The first-order valence-electron chi connectivity index (χ1n) is 6.60. The summed E-state index contributed by atoms with van der Waals surface area (Å²) in [7, 11) is 1.53. The van der Waals surface area contributed by atoms with Gasteiger partial charge in [-0.25, -0.2) is 0 Å². The first-order valence-corrected chi connectivity index (χ1v) is 6.98. The third-order valence-corrected chi connectivity index (χ3v) is 3.18. The predicted molar refractivity (Wildman–Crippen MR) is 85.4 cm³/mol. The van der Waals surface area contributed by atoms with E-state index in [0.29, 0.717) is 22.0 Å². The Morgan fingerprint density at radius 1 is 1.09 bits per heavy atom. The standard InChI is InChI=1S/C16H15ClN2O3/c1-18-16(21)11-6-2-4-8-13(11)19-15(20)10-22-14-9-5-3-7-12(14)17/h2-9H,10H2,1H3,(H,18,21)(H,19,20). The van der Waals surface area contributed by atoms with Gasteiger partial charge in [0.2, 0.25) is 0 Å². The van der Waals surface area contributed by atoms with Gasteiger partial charge in [-0.15, -0.1) is 0 Å². The Morgan fingerprint density at radius 2 is 1.77 bits per heavy atom. The van der Waals surface area contributed by atoms with Crippen LogP contribution in [-0.4, -0.2) is 25.5 Å². The topological polar surface area (TPSA) is 67.4 Å². The van der Waals surface area contributed by atoms with Gasteiger partial charge in [-0.2, -0.15) is 0 Å². The molecule has 0 aliphatic carbocycles. The third kappa shape index (κ3) is 3.99. The van der Waals surface area contributed by atoms with E-state index in [4.69, 9.17) is 16.3 Å². The van der Waals surface area contributed by atoms with Crippen LogP contribution >= 0.6 is 11.6 Å². The number of hydrogen-bond acceptors (Lipinski definition) is 3. The van der Waals surface area contributed by atoms with E-state index in [1.807, 2.05) is 0 Å². The van der Waals surface area contributed by atoms with Crippen LogP contribution in [0.1, 0.15) is 10.4 Å². The number of benzene rings is 2. The van der Waals surface area contributed by atoms with E-state index in [2.05, 4.69) is 10.6 Å². The highest BCUT2D eigenvalue weighted by atomic mass is 35.5. The summed E-state index contributed by atoms with van der Waals surface area (Å²) in [5.74, 6) is -0.224. The summed E-state index contributed by atoms with van der Waals surface area (Å²) < 4.78 is 5.35. The van der Waals surface area contributed by atoms with Gasteiger partial charge in [-0.05, 0) is 24.3 Å². The first-order chi connectivity index (χ1) is 10.6. The number of ether oxygens (including phenoxy) is 1. The monoisotopic (exact) mass is 318 g/mol. The van der Waals surface area contributed by atoms with Gasteiger partial charge < -0.3 is 15.4 Å². The Morgan fingerprint density at radius 3 is 2.50 bits per heavy atom. The molecule has 0 heterocycles. The number of halogens is 1. The molecule has 2 aromatic rings. The van der Waals surface area contributed by atoms with Crippen LogP contribution in [-0.2, 0) is 4.79 Å². The summed E-state index contributed by atoms with van der Waals surface area (Å²) in [5.41, 5.74) is 0.811. The van der Waals surface area contributed by atoms with E-state index in [9.17, 15) is 9.59 Å². The lowest BCUT2D eigenvalue weighted by Crippen LogP contribution is -2.24. The first kappa shape index (κ1) is 15.9. The molecular formula is C16H15ClN2O3.